The fourth-order valence-electron chi connectivity index (χ4n) is 5.67. The number of carbonyl (C=O) groups is 2. The van der Waals surface area contributed by atoms with Gasteiger partial charge in [-0.05, 0) is 49.9 Å². The molecule has 2 saturated heterocycles. The van der Waals surface area contributed by atoms with Crippen LogP contribution in [0.15, 0.2) is 24.4 Å². The Balaban J connectivity index is 1.80. The zero-order valence-electron chi connectivity index (χ0n) is 19.1. The van der Waals surface area contributed by atoms with Crippen molar-refractivity contribution in [3.63, 3.8) is 0 Å². The summed E-state index contributed by atoms with van der Waals surface area (Å²) in [7, 11) is 0. The van der Waals surface area contributed by atoms with E-state index < -0.39 is 22.8 Å². The minimum absolute atomic E-state index is 0.250. The van der Waals surface area contributed by atoms with Crippen LogP contribution in [0.4, 0.5) is 4.39 Å². The van der Waals surface area contributed by atoms with E-state index in [1.807, 2.05) is 0 Å². The van der Waals surface area contributed by atoms with Crippen LogP contribution in [0.2, 0.25) is 0 Å². The minimum Gasteiger partial charge on any atom is -0.384 e. The van der Waals surface area contributed by atoms with Crippen molar-refractivity contribution in [2.45, 2.75) is 64.4 Å². The molecular weight excluding hydrogens is 409 g/mol. The number of piperidine rings is 2. The average Bonchev–Trinajstić information content (AvgIpc) is 2.79. The smallest absolute Gasteiger partial charge is 0.234 e. The predicted molar refractivity (Wildman–Crippen MR) is 120 cm³/mol. The summed E-state index contributed by atoms with van der Waals surface area (Å²) in [6.45, 7) is 8.57. The average molecular weight is 442 g/mol. The lowest BCUT2D eigenvalue weighted by atomic mass is 9.61. The summed E-state index contributed by atoms with van der Waals surface area (Å²) in [5, 5.41) is 14.7. The van der Waals surface area contributed by atoms with Gasteiger partial charge in [-0.3, -0.25) is 19.9 Å². The largest absolute Gasteiger partial charge is 0.384 e. The van der Waals surface area contributed by atoms with Crippen LogP contribution in [0.1, 0.15) is 69.9 Å². The van der Waals surface area contributed by atoms with Crippen LogP contribution in [0, 0.1) is 11.2 Å². The van der Waals surface area contributed by atoms with Gasteiger partial charge in [0, 0.05) is 42.1 Å². The molecule has 32 heavy (non-hydrogen) atoms. The lowest BCUT2D eigenvalue weighted by Gasteiger charge is -2.53. The fraction of sp³-hybridized carbons (Fsp3) is 0.560. The van der Waals surface area contributed by atoms with E-state index in [0.717, 1.165) is 25.9 Å². The van der Waals surface area contributed by atoms with E-state index in [1.54, 1.807) is 24.4 Å². The summed E-state index contributed by atoms with van der Waals surface area (Å²) < 4.78 is 16.0. The van der Waals surface area contributed by atoms with Gasteiger partial charge in [0.2, 0.25) is 11.8 Å². The second-order valence-corrected chi connectivity index (χ2v) is 9.23. The summed E-state index contributed by atoms with van der Waals surface area (Å²) in [6.07, 6.45) is 4.15. The number of hydrogen-bond acceptors (Lipinski definition) is 5. The van der Waals surface area contributed by atoms with Crippen LogP contribution in [-0.2, 0) is 15.2 Å². The molecule has 7 heteroatoms. The second-order valence-electron chi connectivity index (χ2n) is 9.23. The van der Waals surface area contributed by atoms with E-state index in [1.165, 1.54) is 0 Å². The Labute approximate surface area is 188 Å². The Kier molecular flexibility index (Phi) is 6.07. The molecule has 172 valence electrons. The molecule has 0 spiro atoms. The molecule has 2 aliphatic rings. The van der Waals surface area contributed by atoms with E-state index in [-0.39, 0.29) is 18.2 Å². The highest BCUT2D eigenvalue weighted by Crippen LogP contribution is 2.51. The van der Waals surface area contributed by atoms with Gasteiger partial charge in [-0.2, -0.15) is 0 Å². The Bertz CT molecular complexity index is 1050. The van der Waals surface area contributed by atoms with E-state index in [0.29, 0.717) is 41.4 Å². The zero-order valence-corrected chi connectivity index (χ0v) is 19.1. The Morgan fingerprint density at radius 2 is 2.00 bits per heavy atom. The number of imide groups is 1. The number of aliphatic hydroxyl groups is 1. The lowest BCUT2D eigenvalue weighted by molar-refractivity contribution is -0.148. The molecule has 2 aliphatic heterocycles. The van der Waals surface area contributed by atoms with Gasteiger partial charge in [-0.25, -0.2) is 4.39 Å². The Morgan fingerprint density at radius 1 is 1.25 bits per heavy atom. The highest BCUT2D eigenvalue weighted by Gasteiger charge is 2.53. The maximum Gasteiger partial charge on any atom is 0.234 e. The Hall–Kier alpha value is -2.38. The van der Waals surface area contributed by atoms with Crippen LogP contribution in [0.25, 0.3) is 10.9 Å². The minimum atomic E-state index is -1.29. The van der Waals surface area contributed by atoms with Crippen LogP contribution in [-0.4, -0.2) is 46.4 Å². The van der Waals surface area contributed by atoms with Gasteiger partial charge in [0.1, 0.15) is 11.4 Å². The number of benzene rings is 1. The van der Waals surface area contributed by atoms with E-state index in [2.05, 4.69) is 36.0 Å². The monoisotopic (exact) mass is 441 g/mol. The second kappa shape index (κ2) is 8.52. The quantitative estimate of drug-likeness (QED) is 0.693. The predicted octanol–water partition coefficient (Wildman–Crippen LogP) is 3.61. The van der Waals surface area contributed by atoms with Gasteiger partial charge in [0.15, 0.2) is 0 Å². The molecule has 0 radical (unpaired) electrons. The highest BCUT2D eigenvalue weighted by atomic mass is 19.1. The molecule has 2 unspecified atom stereocenters. The van der Waals surface area contributed by atoms with Crippen LogP contribution in [0.3, 0.4) is 0 Å². The van der Waals surface area contributed by atoms with Crippen molar-refractivity contribution in [3.8, 4) is 0 Å². The molecule has 1 aromatic carbocycles. The van der Waals surface area contributed by atoms with Gasteiger partial charge in [0.05, 0.1) is 11.4 Å². The number of aromatic nitrogens is 1. The van der Waals surface area contributed by atoms with Crippen LogP contribution < -0.4 is 5.32 Å². The van der Waals surface area contributed by atoms with Gasteiger partial charge in [-0.15, -0.1) is 0 Å². The van der Waals surface area contributed by atoms with Crippen molar-refractivity contribution >= 4 is 22.7 Å². The van der Waals surface area contributed by atoms with Crippen molar-refractivity contribution in [2.75, 3.05) is 19.6 Å². The number of pyridine rings is 1. The normalized spacial score (nSPS) is 26.3. The van der Waals surface area contributed by atoms with E-state index in [9.17, 15) is 14.7 Å². The summed E-state index contributed by atoms with van der Waals surface area (Å²) in [6, 6.07) is 5.09. The molecular formula is C25H32FN3O3. The summed E-state index contributed by atoms with van der Waals surface area (Å²) in [5.41, 5.74) is -0.360. The van der Waals surface area contributed by atoms with Crippen molar-refractivity contribution in [2.24, 2.45) is 5.41 Å². The standard InChI is InChI=1S/C25H32FN3O3/c1-4-24(5-2)15-29(6-3)12-11-25(24,32)19-8-9-20-18(22(19)26)13-16(14-27-20)17-7-10-21(30)28-23(17)31/h8-9,13-14,17,32H,4-7,10-12,15H2,1-3H3,(H,28,30,31). The molecule has 0 aliphatic carbocycles. The van der Waals surface area contributed by atoms with Gasteiger partial charge >= 0.3 is 0 Å². The van der Waals surface area contributed by atoms with Crippen molar-refractivity contribution in [1.29, 1.82) is 0 Å². The molecule has 2 fully saturated rings. The molecule has 6 nitrogen and oxygen atoms in total. The third-order valence-electron chi connectivity index (χ3n) is 7.90. The first-order chi connectivity index (χ1) is 15.3. The number of amides is 2. The van der Waals surface area contributed by atoms with E-state index >= 15 is 4.39 Å². The third kappa shape index (κ3) is 3.52. The summed E-state index contributed by atoms with van der Waals surface area (Å²) in [4.78, 5) is 30.5. The number of rotatable bonds is 5. The van der Waals surface area contributed by atoms with E-state index in [4.69, 9.17) is 0 Å². The molecule has 2 amide bonds. The number of likely N-dealkylation sites (tertiary alicyclic amines) is 1. The first-order valence-electron chi connectivity index (χ1n) is 11.7. The first kappa shape index (κ1) is 22.8. The summed E-state index contributed by atoms with van der Waals surface area (Å²) in [5.74, 6) is -1.66. The number of carbonyl (C=O) groups excluding carboxylic acids is 2. The topological polar surface area (TPSA) is 82.5 Å². The van der Waals surface area contributed by atoms with Crippen LogP contribution in [0.5, 0.6) is 0 Å². The lowest BCUT2D eigenvalue weighted by Crippen LogP contribution is -2.58. The molecule has 0 saturated carbocycles. The van der Waals surface area contributed by atoms with Gasteiger partial charge < -0.3 is 10.0 Å². The molecule has 2 atom stereocenters. The third-order valence-corrected chi connectivity index (χ3v) is 7.90. The highest BCUT2D eigenvalue weighted by molar-refractivity contribution is 6.01. The number of hydrogen-bond donors (Lipinski definition) is 2. The number of fused-ring (bicyclic) bond motifs is 1. The fourth-order valence-corrected chi connectivity index (χ4v) is 5.67. The molecule has 0 bridgehead atoms. The zero-order chi connectivity index (χ0) is 23.1. The SMILES string of the molecule is CCN1CCC(O)(c2ccc3ncc(C4CCC(=O)NC4=O)cc3c2F)C(CC)(CC)C1. The molecule has 4 rings (SSSR count). The molecule has 1 aromatic heterocycles. The molecule has 2 aromatic rings. The van der Waals surface area contributed by atoms with Crippen molar-refractivity contribution in [3.05, 3.63) is 41.3 Å². The van der Waals surface area contributed by atoms with Gasteiger partial charge in [0.25, 0.3) is 0 Å². The van der Waals surface area contributed by atoms with Gasteiger partial charge in [-0.1, -0.05) is 26.8 Å². The van der Waals surface area contributed by atoms with Crippen LogP contribution >= 0.6 is 0 Å². The molecule has 3 heterocycles. The maximum absolute atomic E-state index is 16.0. The number of nitrogens with zero attached hydrogens (tertiary/aromatic N) is 2. The summed E-state index contributed by atoms with van der Waals surface area (Å²) >= 11 is 0. The number of halogens is 1. The maximum atomic E-state index is 16.0. The Morgan fingerprint density at radius 3 is 2.66 bits per heavy atom. The van der Waals surface area contributed by atoms with Crippen molar-refractivity contribution < 1.29 is 19.1 Å². The van der Waals surface area contributed by atoms with Crippen molar-refractivity contribution in [1.82, 2.24) is 15.2 Å². The molecule has 2 N–H and O–H groups in total. The first-order valence-corrected chi connectivity index (χ1v) is 11.7. The number of nitrogens with one attached hydrogen (secondary N) is 1.